The number of likely N-dealkylation sites (N-methyl/N-ethyl adjacent to an activating group) is 1. The van der Waals surface area contributed by atoms with Gasteiger partial charge in [-0.15, -0.1) is 0 Å². The third-order valence-electron chi connectivity index (χ3n) is 3.56. The van der Waals surface area contributed by atoms with Crippen LogP contribution in [0.5, 0.6) is 0 Å². The van der Waals surface area contributed by atoms with Gasteiger partial charge in [0.2, 0.25) is 0 Å². The van der Waals surface area contributed by atoms with Crippen molar-refractivity contribution in [3.05, 3.63) is 0 Å². The predicted octanol–water partition coefficient (Wildman–Crippen LogP) is 1.70. The fraction of sp³-hybridized carbons (Fsp3) is 0.929. The number of thioether (sulfide) groups is 1. The van der Waals surface area contributed by atoms with E-state index in [9.17, 15) is 4.79 Å². The zero-order chi connectivity index (χ0) is 14.1. The fourth-order valence-electron chi connectivity index (χ4n) is 2.38. The first-order valence-corrected chi connectivity index (χ1v) is 8.48. The Balaban J connectivity index is 2.45. The van der Waals surface area contributed by atoms with Crippen molar-refractivity contribution in [2.75, 3.05) is 51.3 Å². The highest BCUT2D eigenvalue weighted by atomic mass is 32.2. The van der Waals surface area contributed by atoms with E-state index in [2.05, 4.69) is 23.8 Å². The van der Waals surface area contributed by atoms with E-state index in [1.54, 1.807) is 0 Å². The number of ether oxygens (including phenoxy) is 1. The van der Waals surface area contributed by atoms with Crippen LogP contribution in [0.3, 0.4) is 0 Å². The summed E-state index contributed by atoms with van der Waals surface area (Å²) in [7, 11) is 2.16. The number of carbonyl (C=O) groups excluding carboxylic acids is 1. The summed E-state index contributed by atoms with van der Waals surface area (Å²) in [5.41, 5.74) is 0. The molecule has 1 rings (SSSR count). The van der Waals surface area contributed by atoms with Crippen LogP contribution in [0.15, 0.2) is 0 Å². The quantitative estimate of drug-likeness (QED) is 0.501. The van der Waals surface area contributed by atoms with E-state index in [1.165, 1.54) is 0 Å². The van der Waals surface area contributed by atoms with Crippen LogP contribution in [0.2, 0.25) is 0 Å². The van der Waals surface area contributed by atoms with Gasteiger partial charge in [-0.25, -0.2) is 0 Å². The molecule has 0 N–H and O–H groups in total. The number of rotatable bonds is 8. The molecule has 4 nitrogen and oxygen atoms in total. The molecule has 19 heavy (non-hydrogen) atoms. The summed E-state index contributed by atoms with van der Waals surface area (Å²) >= 11 is 1.95. The van der Waals surface area contributed by atoms with E-state index >= 15 is 0 Å². The van der Waals surface area contributed by atoms with Gasteiger partial charge in [0, 0.05) is 32.2 Å². The Morgan fingerprint density at radius 1 is 1.26 bits per heavy atom. The van der Waals surface area contributed by atoms with Crippen LogP contribution in [0, 0.1) is 0 Å². The van der Waals surface area contributed by atoms with E-state index in [0.717, 1.165) is 44.1 Å². The Hall–Kier alpha value is -0.260. The van der Waals surface area contributed by atoms with E-state index in [4.69, 9.17) is 4.74 Å². The van der Waals surface area contributed by atoms with Crippen molar-refractivity contribution in [2.24, 2.45) is 0 Å². The molecule has 0 saturated carbocycles. The summed E-state index contributed by atoms with van der Waals surface area (Å²) in [6.07, 6.45) is 1.63. The van der Waals surface area contributed by atoms with Gasteiger partial charge in [-0.2, -0.15) is 11.8 Å². The molecule has 1 aliphatic heterocycles. The van der Waals surface area contributed by atoms with Crippen LogP contribution < -0.4 is 0 Å². The first-order valence-electron chi connectivity index (χ1n) is 7.33. The third kappa shape index (κ3) is 6.63. The number of esters is 1. The van der Waals surface area contributed by atoms with Crippen molar-refractivity contribution in [1.82, 2.24) is 9.80 Å². The van der Waals surface area contributed by atoms with E-state index < -0.39 is 0 Å². The smallest absolute Gasteiger partial charge is 0.307 e. The highest BCUT2D eigenvalue weighted by molar-refractivity contribution is 7.99. The van der Waals surface area contributed by atoms with Gasteiger partial charge >= 0.3 is 5.97 Å². The molecule has 1 aliphatic rings. The first kappa shape index (κ1) is 16.8. The molecule has 1 fully saturated rings. The summed E-state index contributed by atoms with van der Waals surface area (Å²) < 4.78 is 5.11. The van der Waals surface area contributed by atoms with E-state index in [-0.39, 0.29) is 5.97 Å². The molecular formula is C14H28N2O2S. The van der Waals surface area contributed by atoms with E-state index in [1.807, 2.05) is 18.7 Å². The Morgan fingerprint density at radius 3 is 2.53 bits per heavy atom. The Kier molecular flexibility index (Phi) is 8.50. The van der Waals surface area contributed by atoms with Gasteiger partial charge in [0.05, 0.1) is 13.0 Å². The van der Waals surface area contributed by atoms with Gasteiger partial charge in [-0.05, 0) is 31.9 Å². The number of hydrogen-bond donors (Lipinski definition) is 0. The Bertz CT molecular complexity index is 256. The molecule has 112 valence electrons. The molecule has 0 amide bonds. The number of nitrogens with zero attached hydrogens (tertiary/aromatic N) is 2. The van der Waals surface area contributed by atoms with Crippen molar-refractivity contribution >= 4 is 17.7 Å². The van der Waals surface area contributed by atoms with Crippen molar-refractivity contribution in [3.8, 4) is 0 Å². The van der Waals surface area contributed by atoms with Gasteiger partial charge < -0.3 is 9.64 Å². The zero-order valence-corrected chi connectivity index (χ0v) is 13.4. The lowest BCUT2D eigenvalue weighted by Crippen LogP contribution is -2.49. The molecule has 5 heteroatoms. The summed E-state index contributed by atoms with van der Waals surface area (Å²) in [6.45, 7) is 8.86. The number of carbonyl (C=O) groups is 1. The summed E-state index contributed by atoms with van der Waals surface area (Å²) in [6, 6.07) is 0.354. The second kappa shape index (κ2) is 9.61. The molecule has 0 aromatic heterocycles. The average molecular weight is 288 g/mol. The highest BCUT2D eigenvalue weighted by Crippen LogP contribution is 2.16. The molecule has 1 heterocycles. The lowest BCUT2D eigenvalue weighted by atomic mass is 10.1. The van der Waals surface area contributed by atoms with Crippen LogP contribution >= 0.6 is 11.8 Å². The van der Waals surface area contributed by atoms with Gasteiger partial charge in [-0.1, -0.05) is 6.92 Å². The lowest BCUT2D eigenvalue weighted by Gasteiger charge is -2.37. The van der Waals surface area contributed by atoms with E-state index in [0.29, 0.717) is 19.1 Å². The second-order valence-corrected chi connectivity index (χ2v) is 6.38. The molecule has 0 bridgehead atoms. The maximum Gasteiger partial charge on any atom is 0.307 e. The maximum absolute atomic E-state index is 11.7. The summed E-state index contributed by atoms with van der Waals surface area (Å²) in [5.74, 6) is 2.23. The van der Waals surface area contributed by atoms with Crippen molar-refractivity contribution in [1.29, 1.82) is 0 Å². The van der Waals surface area contributed by atoms with Crippen LogP contribution in [0.1, 0.15) is 26.7 Å². The fourth-order valence-corrected chi connectivity index (χ4v) is 3.10. The maximum atomic E-state index is 11.7. The third-order valence-corrected chi connectivity index (χ3v) is 4.49. The minimum Gasteiger partial charge on any atom is -0.466 e. The van der Waals surface area contributed by atoms with Crippen molar-refractivity contribution in [2.45, 2.75) is 32.7 Å². The standard InChI is InChI=1S/C14H28N2O2S/c1-4-18-14(17)12-13(6-11-19-5-2)16-9-7-15(3)8-10-16/h13H,4-12H2,1-3H3. The molecule has 0 aliphatic carbocycles. The molecule has 0 aromatic carbocycles. The van der Waals surface area contributed by atoms with Gasteiger partial charge in [0.25, 0.3) is 0 Å². The van der Waals surface area contributed by atoms with Crippen molar-refractivity contribution in [3.63, 3.8) is 0 Å². The van der Waals surface area contributed by atoms with Gasteiger partial charge in [0.15, 0.2) is 0 Å². The molecule has 0 aromatic rings. The minimum atomic E-state index is -0.0482. The normalized spacial score (nSPS) is 19.3. The monoisotopic (exact) mass is 288 g/mol. The lowest BCUT2D eigenvalue weighted by molar-refractivity contribution is -0.144. The SMILES string of the molecule is CCOC(=O)CC(CCSCC)N1CCN(C)CC1. The van der Waals surface area contributed by atoms with Crippen molar-refractivity contribution < 1.29 is 9.53 Å². The first-order chi connectivity index (χ1) is 9.17. The van der Waals surface area contributed by atoms with Crippen LogP contribution in [0.4, 0.5) is 0 Å². The number of piperazine rings is 1. The van der Waals surface area contributed by atoms with Crippen LogP contribution in [-0.2, 0) is 9.53 Å². The molecule has 1 unspecified atom stereocenters. The summed E-state index contributed by atoms with van der Waals surface area (Å²) in [4.78, 5) is 16.5. The largest absolute Gasteiger partial charge is 0.466 e. The average Bonchev–Trinajstić information content (AvgIpc) is 2.39. The molecular weight excluding hydrogens is 260 g/mol. The minimum absolute atomic E-state index is 0.0482. The molecule has 1 saturated heterocycles. The second-order valence-electron chi connectivity index (χ2n) is 4.99. The zero-order valence-electron chi connectivity index (χ0n) is 12.6. The van der Waals surface area contributed by atoms with Crippen LogP contribution in [-0.4, -0.2) is 73.2 Å². The summed E-state index contributed by atoms with van der Waals surface area (Å²) in [5, 5.41) is 0. The molecule has 0 spiro atoms. The Labute approximate surface area is 121 Å². The number of hydrogen-bond acceptors (Lipinski definition) is 5. The van der Waals surface area contributed by atoms with Crippen LogP contribution in [0.25, 0.3) is 0 Å². The van der Waals surface area contributed by atoms with Gasteiger partial charge in [0.1, 0.15) is 0 Å². The topological polar surface area (TPSA) is 32.8 Å². The molecule has 1 atom stereocenters. The Morgan fingerprint density at radius 2 is 1.95 bits per heavy atom. The predicted molar refractivity (Wildman–Crippen MR) is 81.7 cm³/mol. The highest BCUT2D eigenvalue weighted by Gasteiger charge is 2.24. The van der Waals surface area contributed by atoms with Gasteiger partial charge in [-0.3, -0.25) is 9.69 Å². The molecule has 0 radical (unpaired) electrons.